The fourth-order valence-electron chi connectivity index (χ4n) is 3.43. The quantitative estimate of drug-likeness (QED) is 0.554. The highest BCUT2D eigenvalue weighted by molar-refractivity contribution is 5.85. The van der Waals surface area contributed by atoms with Crippen molar-refractivity contribution in [3.8, 4) is 0 Å². The Labute approximate surface area is 191 Å². The number of carbonyl (C=O) groups is 2. The Morgan fingerprint density at radius 3 is 1.78 bits per heavy atom. The molecule has 0 aromatic heterocycles. The van der Waals surface area contributed by atoms with Crippen LogP contribution in [0, 0.1) is 0 Å². The molecule has 0 saturated heterocycles. The lowest BCUT2D eigenvalue weighted by Gasteiger charge is -2.28. The topological polar surface area (TPSA) is 78.9 Å². The number of nitrogens with zero attached hydrogens (tertiary/aromatic N) is 1. The van der Waals surface area contributed by atoms with E-state index in [4.69, 9.17) is 4.74 Å². The maximum atomic E-state index is 13.2. The van der Waals surface area contributed by atoms with Crippen LogP contribution in [0.4, 0.5) is 4.79 Å². The van der Waals surface area contributed by atoms with Crippen LogP contribution in [-0.2, 0) is 22.4 Å². The zero-order chi connectivity index (χ0) is 23.4. The van der Waals surface area contributed by atoms with Gasteiger partial charge in [-0.3, -0.25) is 4.79 Å². The van der Waals surface area contributed by atoms with Crippen LogP contribution in [0.15, 0.2) is 60.7 Å². The molecule has 2 rings (SSSR count). The first kappa shape index (κ1) is 25.4. The van der Waals surface area contributed by atoms with Gasteiger partial charge in [0.25, 0.3) is 0 Å². The number of nitrogens with one attached hydrogen (secondary N) is 1. The van der Waals surface area contributed by atoms with E-state index in [0.717, 1.165) is 25.7 Å². The fourth-order valence-corrected chi connectivity index (χ4v) is 3.43. The van der Waals surface area contributed by atoms with Crippen LogP contribution in [0.5, 0.6) is 0 Å². The highest BCUT2D eigenvalue weighted by atomic mass is 16.6. The van der Waals surface area contributed by atoms with Crippen molar-refractivity contribution in [2.45, 2.75) is 58.1 Å². The summed E-state index contributed by atoms with van der Waals surface area (Å²) in [6.07, 6.45) is 2.59. The minimum Gasteiger partial charge on any atom is -0.444 e. The lowest BCUT2D eigenvalue weighted by molar-refractivity contribution is -0.134. The van der Waals surface area contributed by atoms with E-state index in [0.29, 0.717) is 13.1 Å². The summed E-state index contributed by atoms with van der Waals surface area (Å²) in [5, 5.41) is 12.3. The largest absolute Gasteiger partial charge is 0.444 e. The van der Waals surface area contributed by atoms with Gasteiger partial charge in [-0.1, -0.05) is 60.7 Å². The van der Waals surface area contributed by atoms with E-state index in [2.05, 4.69) is 29.6 Å². The molecule has 0 aliphatic heterocycles. The Hall–Kier alpha value is -2.86. The number of benzene rings is 2. The van der Waals surface area contributed by atoms with Gasteiger partial charge in [0.2, 0.25) is 5.91 Å². The van der Waals surface area contributed by atoms with Crippen LogP contribution in [0.1, 0.15) is 44.7 Å². The monoisotopic (exact) mass is 440 g/mol. The number of aryl methyl sites for hydroxylation is 2. The predicted octanol–water partition coefficient (Wildman–Crippen LogP) is 3.97. The van der Waals surface area contributed by atoms with Crippen LogP contribution in [0.2, 0.25) is 0 Å². The second-order valence-corrected chi connectivity index (χ2v) is 8.88. The van der Waals surface area contributed by atoms with Crippen molar-refractivity contribution in [1.82, 2.24) is 10.2 Å². The molecule has 6 nitrogen and oxygen atoms in total. The number of aliphatic hydroxyl groups is 1. The number of carbonyl (C=O) groups excluding carboxylic acids is 2. The van der Waals surface area contributed by atoms with Gasteiger partial charge in [-0.2, -0.15) is 0 Å². The molecule has 32 heavy (non-hydrogen) atoms. The Kier molecular flexibility index (Phi) is 10.2. The molecule has 0 aliphatic rings. The Morgan fingerprint density at radius 1 is 0.906 bits per heavy atom. The van der Waals surface area contributed by atoms with Crippen LogP contribution >= 0.6 is 0 Å². The van der Waals surface area contributed by atoms with E-state index in [-0.39, 0.29) is 5.91 Å². The SMILES string of the molecule is CC(C)(C)OC(=O)N[C@@H](CO)C(=O)N(CCCc1ccccc1)CCCc1ccccc1. The van der Waals surface area contributed by atoms with Gasteiger partial charge in [-0.15, -0.1) is 0 Å². The lowest BCUT2D eigenvalue weighted by atomic mass is 10.1. The Bertz CT molecular complexity index is 773. The molecule has 1 atom stereocenters. The molecule has 0 bridgehead atoms. The van der Waals surface area contributed by atoms with Gasteiger partial charge in [-0.05, 0) is 57.6 Å². The van der Waals surface area contributed by atoms with Crippen LogP contribution in [0.3, 0.4) is 0 Å². The summed E-state index contributed by atoms with van der Waals surface area (Å²) in [6.45, 7) is 5.88. The highest BCUT2D eigenvalue weighted by Gasteiger charge is 2.27. The molecule has 0 heterocycles. The molecule has 0 saturated carbocycles. The third-order valence-corrected chi connectivity index (χ3v) is 4.96. The van der Waals surface area contributed by atoms with Crippen LogP contribution in [-0.4, -0.2) is 53.3 Å². The molecule has 0 unspecified atom stereocenters. The highest BCUT2D eigenvalue weighted by Crippen LogP contribution is 2.10. The van der Waals surface area contributed by atoms with Crippen molar-refractivity contribution in [2.24, 2.45) is 0 Å². The van der Waals surface area contributed by atoms with Crippen LogP contribution in [0.25, 0.3) is 0 Å². The van der Waals surface area contributed by atoms with E-state index in [1.807, 2.05) is 36.4 Å². The number of ether oxygens (including phenoxy) is 1. The molecule has 2 aromatic rings. The van der Waals surface area contributed by atoms with E-state index in [1.165, 1.54) is 11.1 Å². The summed E-state index contributed by atoms with van der Waals surface area (Å²) < 4.78 is 5.25. The number of hydrogen-bond acceptors (Lipinski definition) is 4. The van der Waals surface area contributed by atoms with E-state index < -0.39 is 24.3 Å². The van der Waals surface area contributed by atoms with Crippen molar-refractivity contribution in [1.29, 1.82) is 0 Å². The number of amides is 2. The molecule has 0 spiro atoms. The van der Waals surface area contributed by atoms with Gasteiger partial charge in [-0.25, -0.2) is 4.79 Å². The van der Waals surface area contributed by atoms with Gasteiger partial charge in [0, 0.05) is 13.1 Å². The molecule has 174 valence electrons. The van der Waals surface area contributed by atoms with Crippen molar-refractivity contribution in [2.75, 3.05) is 19.7 Å². The van der Waals surface area contributed by atoms with E-state index >= 15 is 0 Å². The zero-order valence-corrected chi connectivity index (χ0v) is 19.4. The van der Waals surface area contributed by atoms with Gasteiger partial charge < -0.3 is 20.1 Å². The number of alkyl carbamates (subject to hydrolysis) is 1. The second-order valence-electron chi connectivity index (χ2n) is 8.88. The molecule has 2 amide bonds. The summed E-state index contributed by atoms with van der Waals surface area (Å²) >= 11 is 0. The van der Waals surface area contributed by atoms with Gasteiger partial charge in [0.1, 0.15) is 11.6 Å². The smallest absolute Gasteiger partial charge is 0.408 e. The Morgan fingerprint density at radius 2 is 1.38 bits per heavy atom. The molecule has 0 fully saturated rings. The second kappa shape index (κ2) is 12.9. The van der Waals surface area contributed by atoms with Crippen molar-refractivity contribution < 1.29 is 19.4 Å². The third-order valence-electron chi connectivity index (χ3n) is 4.96. The summed E-state index contributed by atoms with van der Waals surface area (Å²) in [7, 11) is 0. The van der Waals surface area contributed by atoms with Crippen molar-refractivity contribution in [3.05, 3.63) is 71.8 Å². The number of hydrogen-bond donors (Lipinski definition) is 2. The minimum atomic E-state index is -1.03. The normalized spacial score (nSPS) is 12.1. The van der Waals surface area contributed by atoms with Gasteiger partial charge in [0.15, 0.2) is 0 Å². The number of rotatable bonds is 11. The minimum absolute atomic E-state index is 0.292. The average Bonchev–Trinajstić information content (AvgIpc) is 2.76. The summed E-state index contributed by atoms with van der Waals surface area (Å²) in [6, 6.07) is 19.2. The maximum absolute atomic E-state index is 13.2. The predicted molar refractivity (Wildman–Crippen MR) is 126 cm³/mol. The van der Waals surface area contributed by atoms with E-state index in [1.54, 1.807) is 25.7 Å². The van der Waals surface area contributed by atoms with Crippen molar-refractivity contribution >= 4 is 12.0 Å². The number of aliphatic hydroxyl groups excluding tert-OH is 1. The first-order valence-corrected chi connectivity index (χ1v) is 11.3. The zero-order valence-electron chi connectivity index (χ0n) is 19.4. The standard InChI is InChI=1S/C26H36N2O4/c1-26(2,3)32-25(31)27-23(20-29)24(30)28(18-10-16-21-12-6-4-7-13-21)19-11-17-22-14-8-5-9-15-22/h4-9,12-15,23,29H,10-11,16-20H2,1-3H3,(H,27,31)/t23-/m0/s1. The summed E-state index contributed by atoms with van der Waals surface area (Å²) in [5.41, 5.74) is 1.75. The van der Waals surface area contributed by atoms with E-state index in [9.17, 15) is 14.7 Å². The van der Waals surface area contributed by atoms with Gasteiger partial charge in [0.05, 0.1) is 6.61 Å². The fraction of sp³-hybridized carbons (Fsp3) is 0.462. The van der Waals surface area contributed by atoms with Gasteiger partial charge >= 0.3 is 6.09 Å². The maximum Gasteiger partial charge on any atom is 0.408 e. The van der Waals surface area contributed by atoms with Crippen LogP contribution < -0.4 is 5.32 Å². The lowest BCUT2D eigenvalue weighted by Crippen LogP contribution is -2.52. The molecular formula is C26H36N2O4. The van der Waals surface area contributed by atoms with Crippen molar-refractivity contribution in [3.63, 3.8) is 0 Å². The molecule has 2 aromatic carbocycles. The molecule has 0 radical (unpaired) electrons. The third kappa shape index (κ3) is 9.52. The Balaban J connectivity index is 1.98. The first-order chi connectivity index (χ1) is 15.3. The molecule has 6 heteroatoms. The summed E-state index contributed by atoms with van der Waals surface area (Å²) in [5.74, 6) is -0.292. The average molecular weight is 441 g/mol. The summed E-state index contributed by atoms with van der Waals surface area (Å²) in [4.78, 5) is 27.0. The molecular weight excluding hydrogens is 404 g/mol. The molecule has 0 aliphatic carbocycles. The molecule has 2 N–H and O–H groups in total. The first-order valence-electron chi connectivity index (χ1n) is 11.3.